The van der Waals surface area contributed by atoms with Crippen LogP contribution in [-0.4, -0.2) is 24.7 Å². The molecule has 0 amide bonds. The lowest BCUT2D eigenvalue weighted by Gasteiger charge is -2.24. The molecular weight excluding hydrogens is 271 g/mol. The van der Waals surface area contributed by atoms with E-state index in [2.05, 4.69) is 0 Å². The van der Waals surface area contributed by atoms with E-state index in [1.807, 2.05) is 13.8 Å². The molecule has 1 atom stereocenters. The summed E-state index contributed by atoms with van der Waals surface area (Å²) in [5.41, 5.74) is -1.37. The number of carboxylic acid groups (broad SMARTS) is 1. The predicted molar refractivity (Wildman–Crippen MR) is 71.1 cm³/mol. The van der Waals surface area contributed by atoms with Crippen molar-refractivity contribution in [2.24, 2.45) is 5.92 Å². The highest BCUT2D eigenvalue weighted by Crippen LogP contribution is 2.34. The lowest BCUT2D eigenvalue weighted by Crippen LogP contribution is -2.24. The third-order valence-electron chi connectivity index (χ3n) is 3.26. The molecule has 1 unspecified atom stereocenters. The molecule has 1 rings (SSSR count). The molecule has 1 N–H and O–H groups in total. The molecule has 20 heavy (non-hydrogen) atoms. The molecule has 112 valence electrons. The lowest BCUT2D eigenvalue weighted by atomic mass is 10.0. The van der Waals surface area contributed by atoms with Gasteiger partial charge in [-0.1, -0.05) is 20.3 Å². The van der Waals surface area contributed by atoms with Crippen LogP contribution in [0.4, 0.5) is 18.9 Å². The van der Waals surface area contributed by atoms with Gasteiger partial charge in [-0.25, -0.2) is 4.79 Å². The van der Waals surface area contributed by atoms with Crippen LogP contribution in [0.25, 0.3) is 0 Å². The van der Waals surface area contributed by atoms with Crippen LogP contribution in [-0.2, 0) is 6.18 Å². The summed E-state index contributed by atoms with van der Waals surface area (Å²) in [6.07, 6.45) is -3.72. The van der Waals surface area contributed by atoms with Gasteiger partial charge in [0, 0.05) is 19.3 Å². The Labute approximate surface area is 116 Å². The lowest BCUT2D eigenvalue weighted by molar-refractivity contribution is -0.138. The van der Waals surface area contributed by atoms with Crippen molar-refractivity contribution in [3.05, 3.63) is 29.3 Å². The first-order valence-electron chi connectivity index (χ1n) is 6.32. The van der Waals surface area contributed by atoms with Crippen LogP contribution in [0, 0.1) is 5.92 Å². The molecule has 0 aliphatic carbocycles. The zero-order valence-electron chi connectivity index (χ0n) is 11.7. The molecule has 0 aromatic heterocycles. The van der Waals surface area contributed by atoms with E-state index in [1.165, 1.54) is 6.07 Å². The summed E-state index contributed by atoms with van der Waals surface area (Å²) < 4.78 is 38.2. The Balaban J connectivity index is 3.14. The van der Waals surface area contributed by atoms with Crippen molar-refractivity contribution in [3.8, 4) is 0 Å². The summed E-state index contributed by atoms with van der Waals surface area (Å²) in [5.74, 6) is -1.20. The first-order valence-corrected chi connectivity index (χ1v) is 6.32. The average molecular weight is 289 g/mol. The van der Waals surface area contributed by atoms with Crippen molar-refractivity contribution in [2.75, 3.05) is 18.5 Å². The van der Waals surface area contributed by atoms with Crippen LogP contribution < -0.4 is 4.90 Å². The van der Waals surface area contributed by atoms with Gasteiger partial charge in [0.05, 0.1) is 11.1 Å². The third kappa shape index (κ3) is 3.88. The maximum atomic E-state index is 12.7. The summed E-state index contributed by atoms with van der Waals surface area (Å²) in [6.45, 7) is 4.70. The molecular formula is C14H18F3NO2. The second-order valence-electron chi connectivity index (χ2n) is 4.93. The zero-order chi connectivity index (χ0) is 15.5. The molecule has 0 bridgehead atoms. The highest BCUT2D eigenvalue weighted by atomic mass is 19.4. The Kier molecular flexibility index (Phi) is 5.03. The van der Waals surface area contributed by atoms with Gasteiger partial charge in [-0.15, -0.1) is 0 Å². The van der Waals surface area contributed by atoms with Gasteiger partial charge in [-0.3, -0.25) is 0 Å². The SMILES string of the molecule is CCC(C)CN(C)c1ccc(C(F)(F)F)c(C(=O)O)c1. The van der Waals surface area contributed by atoms with E-state index in [-0.39, 0.29) is 0 Å². The first kappa shape index (κ1) is 16.3. The fraction of sp³-hybridized carbons (Fsp3) is 0.500. The molecule has 0 saturated heterocycles. The monoisotopic (exact) mass is 289 g/mol. The molecule has 0 spiro atoms. The van der Waals surface area contributed by atoms with Gasteiger partial charge in [0.25, 0.3) is 0 Å². The molecule has 1 aromatic carbocycles. The summed E-state index contributed by atoms with van der Waals surface area (Å²) >= 11 is 0. The van der Waals surface area contributed by atoms with Crippen LogP contribution in [0.15, 0.2) is 18.2 Å². The number of hydrogen-bond donors (Lipinski definition) is 1. The Morgan fingerprint density at radius 2 is 2.00 bits per heavy atom. The molecule has 0 fully saturated rings. The van der Waals surface area contributed by atoms with Crippen LogP contribution >= 0.6 is 0 Å². The number of nitrogens with zero attached hydrogens (tertiary/aromatic N) is 1. The molecule has 0 radical (unpaired) electrons. The minimum Gasteiger partial charge on any atom is -0.478 e. The highest BCUT2D eigenvalue weighted by molar-refractivity contribution is 5.91. The summed E-state index contributed by atoms with van der Waals surface area (Å²) in [7, 11) is 1.74. The minimum absolute atomic E-state index is 0.371. The Morgan fingerprint density at radius 3 is 2.45 bits per heavy atom. The van der Waals surface area contributed by atoms with Crippen molar-refractivity contribution in [3.63, 3.8) is 0 Å². The van der Waals surface area contributed by atoms with Crippen molar-refractivity contribution < 1.29 is 23.1 Å². The van der Waals surface area contributed by atoms with Crippen LogP contribution in [0.3, 0.4) is 0 Å². The van der Waals surface area contributed by atoms with E-state index < -0.39 is 23.3 Å². The quantitative estimate of drug-likeness (QED) is 0.894. The van der Waals surface area contributed by atoms with E-state index in [0.717, 1.165) is 18.6 Å². The number of hydrogen-bond acceptors (Lipinski definition) is 2. The average Bonchev–Trinajstić information content (AvgIpc) is 2.36. The maximum Gasteiger partial charge on any atom is 0.417 e. The van der Waals surface area contributed by atoms with Crippen LogP contribution in [0.2, 0.25) is 0 Å². The fourth-order valence-electron chi connectivity index (χ4n) is 1.90. The number of alkyl halides is 3. The van der Waals surface area contributed by atoms with Gasteiger partial charge in [0.15, 0.2) is 0 Å². The van der Waals surface area contributed by atoms with Gasteiger partial charge in [0.1, 0.15) is 0 Å². The van der Waals surface area contributed by atoms with Crippen molar-refractivity contribution >= 4 is 11.7 Å². The summed E-state index contributed by atoms with van der Waals surface area (Å²) in [6, 6.07) is 3.21. The van der Waals surface area contributed by atoms with E-state index in [1.54, 1.807) is 11.9 Å². The zero-order valence-corrected chi connectivity index (χ0v) is 11.7. The Bertz CT molecular complexity index is 486. The third-order valence-corrected chi connectivity index (χ3v) is 3.26. The van der Waals surface area contributed by atoms with Crippen LogP contribution in [0.1, 0.15) is 36.2 Å². The van der Waals surface area contributed by atoms with Gasteiger partial charge in [-0.05, 0) is 24.1 Å². The number of carbonyl (C=O) groups is 1. The molecule has 0 heterocycles. The number of halogens is 3. The molecule has 0 aliphatic rings. The van der Waals surface area contributed by atoms with Gasteiger partial charge >= 0.3 is 12.1 Å². The van der Waals surface area contributed by atoms with Gasteiger partial charge in [0.2, 0.25) is 0 Å². The second-order valence-corrected chi connectivity index (χ2v) is 4.93. The van der Waals surface area contributed by atoms with E-state index in [4.69, 9.17) is 5.11 Å². The summed E-state index contributed by atoms with van der Waals surface area (Å²) in [5, 5.41) is 8.94. The number of rotatable bonds is 5. The predicted octanol–water partition coefficient (Wildman–Crippen LogP) is 3.89. The van der Waals surface area contributed by atoms with E-state index >= 15 is 0 Å². The molecule has 0 saturated carbocycles. The molecule has 0 aliphatic heterocycles. The van der Waals surface area contributed by atoms with E-state index in [0.29, 0.717) is 18.2 Å². The number of benzene rings is 1. The number of carboxylic acids is 1. The smallest absolute Gasteiger partial charge is 0.417 e. The minimum atomic E-state index is -4.67. The largest absolute Gasteiger partial charge is 0.478 e. The van der Waals surface area contributed by atoms with Crippen molar-refractivity contribution in [2.45, 2.75) is 26.4 Å². The number of aromatic carboxylic acids is 1. The molecule has 1 aromatic rings. The fourth-order valence-corrected chi connectivity index (χ4v) is 1.90. The second kappa shape index (κ2) is 6.15. The van der Waals surface area contributed by atoms with Crippen molar-refractivity contribution in [1.29, 1.82) is 0 Å². The van der Waals surface area contributed by atoms with Gasteiger partial charge in [-0.2, -0.15) is 13.2 Å². The van der Waals surface area contributed by atoms with Gasteiger partial charge < -0.3 is 10.0 Å². The normalized spacial score (nSPS) is 13.1. The Morgan fingerprint density at radius 1 is 1.40 bits per heavy atom. The maximum absolute atomic E-state index is 12.7. The molecule has 3 nitrogen and oxygen atoms in total. The summed E-state index contributed by atoms with van der Waals surface area (Å²) in [4.78, 5) is 12.8. The van der Waals surface area contributed by atoms with Crippen molar-refractivity contribution in [1.82, 2.24) is 0 Å². The first-order chi connectivity index (χ1) is 9.16. The standard InChI is InChI=1S/C14H18F3NO2/c1-4-9(2)8-18(3)10-5-6-12(14(15,16)17)11(7-10)13(19)20/h5-7,9H,4,8H2,1-3H3,(H,19,20). The van der Waals surface area contributed by atoms with E-state index in [9.17, 15) is 18.0 Å². The highest BCUT2D eigenvalue weighted by Gasteiger charge is 2.35. The molecule has 6 heteroatoms. The van der Waals surface area contributed by atoms with Crippen LogP contribution in [0.5, 0.6) is 0 Å². The topological polar surface area (TPSA) is 40.5 Å². The number of anilines is 1. The Hall–Kier alpha value is -1.72.